The third-order valence-electron chi connectivity index (χ3n) is 4.53. The molecular weight excluding hydrogens is 294 g/mol. The average molecular weight is 315 g/mol. The van der Waals surface area contributed by atoms with Crippen LogP contribution in [-0.2, 0) is 4.74 Å². The monoisotopic (exact) mass is 315 g/mol. The lowest BCUT2D eigenvalue weighted by molar-refractivity contribution is 0.123. The summed E-state index contributed by atoms with van der Waals surface area (Å²) >= 11 is 0. The van der Waals surface area contributed by atoms with Crippen LogP contribution in [0.25, 0.3) is 22.3 Å². The van der Waals surface area contributed by atoms with Crippen molar-refractivity contribution in [3.63, 3.8) is 0 Å². The van der Waals surface area contributed by atoms with Gasteiger partial charge >= 0.3 is 0 Å². The molecule has 120 valence electrons. The van der Waals surface area contributed by atoms with Crippen molar-refractivity contribution in [3.05, 3.63) is 78.9 Å². The van der Waals surface area contributed by atoms with E-state index in [4.69, 9.17) is 4.74 Å². The molecule has 24 heavy (non-hydrogen) atoms. The lowest BCUT2D eigenvalue weighted by atomic mass is 9.95. The Morgan fingerprint density at radius 3 is 1.58 bits per heavy atom. The zero-order valence-corrected chi connectivity index (χ0v) is 13.7. The summed E-state index contributed by atoms with van der Waals surface area (Å²) in [6.07, 6.45) is 0. The molecule has 2 nitrogen and oxygen atoms in total. The first-order valence-electron chi connectivity index (χ1n) is 8.50. The lowest BCUT2D eigenvalue weighted by Gasteiger charge is -2.32. The Morgan fingerprint density at radius 1 is 0.583 bits per heavy atom. The molecule has 0 aliphatic carbocycles. The Bertz CT molecular complexity index is 735. The molecule has 0 atom stereocenters. The smallest absolute Gasteiger partial charge is 0.0642 e. The van der Waals surface area contributed by atoms with Crippen molar-refractivity contribution in [1.29, 1.82) is 0 Å². The van der Waals surface area contributed by atoms with Crippen molar-refractivity contribution < 1.29 is 4.74 Å². The van der Waals surface area contributed by atoms with Gasteiger partial charge in [-0.15, -0.1) is 0 Å². The highest BCUT2D eigenvalue weighted by Crippen LogP contribution is 2.39. The van der Waals surface area contributed by atoms with Crippen LogP contribution in [0.3, 0.4) is 0 Å². The van der Waals surface area contributed by atoms with E-state index in [0.29, 0.717) is 0 Å². The van der Waals surface area contributed by atoms with Gasteiger partial charge in [-0.05, 0) is 11.1 Å². The molecule has 0 N–H and O–H groups in total. The van der Waals surface area contributed by atoms with E-state index in [1.807, 2.05) is 0 Å². The minimum atomic E-state index is 0.789. The molecule has 1 aliphatic rings. The van der Waals surface area contributed by atoms with Gasteiger partial charge in [-0.25, -0.2) is 0 Å². The van der Waals surface area contributed by atoms with E-state index in [-0.39, 0.29) is 0 Å². The SMILES string of the molecule is c1ccc(-c2cccc(-c3ccccc3)c2N2CCOCC2)cc1. The van der Waals surface area contributed by atoms with Crippen LogP contribution in [0.5, 0.6) is 0 Å². The zero-order chi connectivity index (χ0) is 16.2. The Balaban J connectivity index is 1.90. The van der Waals surface area contributed by atoms with Gasteiger partial charge in [0.15, 0.2) is 0 Å². The van der Waals surface area contributed by atoms with Crippen LogP contribution >= 0.6 is 0 Å². The summed E-state index contributed by atoms with van der Waals surface area (Å²) in [6.45, 7) is 3.45. The van der Waals surface area contributed by atoms with Crippen LogP contribution in [-0.4, -0.2) is 26.3 Å². The molecule has 0 saturated carbocycles. The number of nitrogens with zero attached hydrogens (tertiary/aromatic N) is 1. The minimum Gasteiger partial charge on any atom is -0.378 e. The van der Waals surface area contributed by atoms with E-state index in [2.05, 4.69) is 83.8 Å². The predicted octanol–water partition coefficient (Wildman–Crippen LogP) is 4.86. The van der Waals surface area contributed by atoms with Crippen LogP contribution in [0.15, 0.2) is 78.9 Å². The Kier molecular flexibility index (Phi) is 4.30. The van der Waals surface area contributed by atoms with Gasteiger partial charge in [-0.1, -0.05) is 78.9 Å². The van der Waals surface area contributed by atoms with Crippen molar-refractivity contribution >= 4 is 5.69 Å². The number of benzene rings is 3. The third kappa shape index (κ3) is 2.93. The first-order chi connectivity index (χ1) is 11.9. The highest BCUT2D eigenvalue weighted by Gasteiger charge is 2.19. The summed E-state index contributed by atoms with van der Waals surface area (Å²) in [4.78, 5) is 2.47. The van der Waals surface area contributed by atoms with E-state index >= 15 is 0 Å². The van der Waals surface area contributed by atoms with Gasteiger partial charge in [0.25, 0.3) is 0 Å². The molecule has 4 rings (SSSR count). The zero-order valence-electron chi connectivity index (χ0n) is 13.7. The molecule has 1 aliphatic heterocycles. The van der Waals surface area contributed by atoms with Crippen LogP contribution < -0.4 is 4.90 Å². The molecule has 2 heteroatoms. The van der Waals surface area contributed by atoms with Gasteiger partial charge in [0.1, 0.15) is 0 Å². The summed E-state index contributed by atoms with van der Waals surface area (Å²) in [5, 5.41) is 0. The fourth-order valence-corrected chi connectivity index (χ4v) is 3.37. The van der Waals surface area contributed by atoms with E-state index in [0.717, 1.165) is 26.3 Å². The first-order valence-corrected chi connectivity index (χ1v) is 8.50. The number of morpholine rings is 1. The molecule has 0 radical (unpaired) electrons. The molecule has 1 saturated heterocycles. The van der Waals surface area contributed by atoms with Gasteiger partial charge in [0.2, 0.25) is 0 Å². The molecule has 3 aromatic rings. The number of ether oxygens (including phenoxy) is 1. The highest BCUT2D eigenvalue weighted by molar-refractivity contribution is 5.91. The van der Waals surface area contributed by atoms with Gasteiger partial charge in [0.05, 0.1) is 18.9 Å². The average Bonchev–Trinajstić information content (AvgIpc) is 2.69. The van der Waals surface area contributed by atoms with Gasteiger partial charge < -0.3 is 9.64 Å². The molecule has 0 amide bonds. The van der Waals surface area contributed by atoms with Crippen molar-refractivity contribution in [1.82, 2.24) is 0 Å². The molecule has 0 aromatic heterocycles. The second-order valence-electron chi connectivity index (χ2n) is 6.03. The van der Waals surface area contributed by atoms with E-state index in [1.54, 1.807) is 0 Å². The topological polar surface area (TPSA) is 12.5 Å². The molecule has 3 aromatic carbocycles. The Morgan fingerprint density at radius 2 is 1.08 bits per heavy atom. The minimum absolute atomic E-state index is 0.789. The Hall–Kier alpha value is -2.58. The molecule has 0 bridgehead atoms. The predicted molar refractivity (Wildman–Crippen MR) is 100 cm³/mol. The molecular formula is C22H21NO. The summed E-state index contributed by atoms with van der Waals surface area (Å²) < 4.78 is 5.57. The summed E-state index contributed by atoms with van der Waals surface area (Å²) in [6, 6.07) is 27.9. The van der Waals surface area contributed by atoms with Gasteiger partial charge in [-0.3, -0.25) is 0 Å². The Labute approximate surface area is 143 Å². The van der Waals surface area contributed by atoms with Crippen LogP contribution in [0, 0.1) is 0 Å². The van der Waals surface area contributed by atoms with Crippen molar-refractivity contribution in [2.24, 2.45) is 0 Å². The van der Waals surface area contributed by atoms with Gasteiger partial charge in [-0.2, -0.15) is 0 Å². The second kappa shape index (κ2) is 6.90. The van der Waals surface area contributed by atoms with Crippen LogP contribution in [0.1, 0.15) is 0 Å². The maximum atomic E-state index is 5.57. The number of para-hydroxylation sites is 1. The van der Waals surface area contributed by atoms with Crippen molar-refractivity contribution in [2.45, 2.75) is 0 Å². The van der Waals surface area contributed by atoms with E-state index < -0.39 is 0 Å². The number of anilines is 1. The molecule has 1 fully saturated rings. The number of hydrogen-bond donors (Lipinski definition) is 0. The molecule has 1 heterocycles. The summed E-state index contributed by atoms with van der Waals surface area (Å²) in [5.41, 5.74) is 6.42. The summed E-state index contributed by atoms with van der Waals surface area (Å²) in [7, 11) is 0. The number of hydrogen-bond acceptors (Lipinski definition) is 2. The molecule has 0 unspecified atom stereocenters. The fourth-order valence-electron chi connectivity index (χ4n) is 3.37. The maximum absolute atomic E-state index is 5.57. The third-order valence-corrected chi connectivity index (χ3v) is 4.53. The standard InChI is InChI=1S/C22H21NO/c1-3-8-18(9-4-1)20-12-7-13-21(19-10-5-2-6-11-19)22(20)23-14-16-24-17-15-23/h1-13H,14-17H2. The second-order valence-corrected chi connectivity index (χ2v) is 6.03. The van der Waals surface area contributed by atoms with Gasteiger partial charge in [0, 0.05) is 24.2 Å². The van der Waals surface area contributed by atoms with Crippen molar-refractivity contribution in [3.8, 4) is 22.3 Å². The van der Waals surface area contributed by atoms with E-state index in [9.17, 15) is 0 Å². The maximum Gasteiger partial charge on any atom is 0.0642 e. The first kappa shape index (κ1) is 15.0. The molecule has 0 spiro atoms. The van der Waals surface area contributed by atoms with Crippen LogP contribution in [0.2, 0.25) is 0 Å². The quantitative estimate of drug-likeness (QED) is 0.684. The van der Waals surface area contributed by atoms with Crippen LogP contribution in [0.4, 0.5) is 5.69 Å². The fraction of sp³-hybridized carbons (Fsp3) is 0.182. The lowest BCUT2D eigenvalue weighted by Crippen LogP contribution is -2.36. The largest absolute Gasteiger partial charge is 0.378 e. The van der Waals surface area contributed by atoms with Crippen molar-refractivity contribution in [2.75, 3.05) is 31.2 Å². The van der Waals surface area contributed by atoms with E-state index in [1.165, 1.54) is 27.9 Å². The highest BCUT2D eigenvalue weighted by atomic mass is 16.5. The normalized spacial score (nSPS) is 14.6. The number of rotatable bonds is 3. The summed E-state index contributed by atoms with van der Waals surface area (Å²) in [5.74, 6) is 0.